The fraction of sp³-hybridized carbons (Fsp3) is 0.333. The van der Waals surface area contributed by atoms with E-state index in [0.29, 0.717) is 23.6 Å². The van der Waals surface area contributed by atoms with Crippen LogP contribution in [-0.4, -0.2) is 51.4 Å². The summed E-state index contributed by atoms with van der Waals surface area (Å²) in [5, 5.41) is 3.36. The highest BCUT2D eigenvalue weighted by Gasteiger charge is 2.34. The number of anilines is 1. The van der Waals surface area contributed by atoms with E-state index in [-0.39, 0.29) is 28.8 Å². The first-order chi connectivity index (χ1) is 19.2. The number of hydrogen-bond donors (Lipinski definition) is 1. The monoisotopic (exact) mass is 585 g/mol. The van der Waals surface area contributed by atoms with Gasteiger partial charge in [-0.1, -0.05) is 80.4 Å². The van der Waals surface area contributed by atoms with E-state index in [4.69, 9.17) is 16.3 Å². The number of rotatable bonds is 14. The van der Waals surface area contributed by atoms with Gasteiger partial charge in [0.15, 0.2) is 0 Å². The topological polar surface area (TPSA) is 96.0 Å². The van der Waals surface area contributed by atoms with Gasteiger partial charge in [-0.2, -0.15) is 0 Å². The van der Waals surface area contributed by atoms with Crippen LogP contribution in [0.3, 0.4) is 0 Å². The molecular weight excluding hydrogens is 550 g/mol. The minimum atomic E-state index is -4.19. The zero-order chi connectivity index (χ0) is 29.1. The van der Waals surface area contributed by atoms with Gasteiger partial charge < -0.3 is 15.0 Å². The lowest BCUT2D eigenvalue weighted by Crippen LogP contribution is -2.52. The Morgan fingerprint density at radius 2 is 1.60 bits per heavy atom. The van der Waals surface area contributed by atoms with Gasteiger partial charge in [-0.25, -0.2) is 8.42 Å². The molecule has 3 rings (SSSR count). The number of ether oxygens (including phenoxy) is 1. The maximum atomic E-state index is 14.1. The summed E-state index contributed by atoms with van der Waals surface area (Å²) in [7, 11) is -2.75. The first-order valence-corrected chi connectivity index (χ1v) is 15.1. The quantitative estimate of drug-likeness (QED) is 0.260. The number of unbranched alkanes of at least 4 members (excludes halogenated alkanes) is 1. The number of nitrogens with one attached hydrogen (secondary N) is 1. The van der Waals surface area contributed by atoms with Crippen molar-refractivity contribution < 1.29 is 22.7 Å². The van der Waals surface area contributed by atoms with E-state index in [0.717, 1.165) is 17.1 Å². The molecular formula is C30H36ClN3O5S. The molecule has 0 spiro atoms. The fourth-order valence-electron chi connectivity index (χ4n) is 4.30. The van der Waals surface area contributed by atoms with Gasteiger partial charge in [0.05, 0.1) is 17.7 Å². The normalized spacial score (nSPS) is 11.9. The molecule has 10 heteroatoms. The predicted molar refractivity (Wildman–Crippen MR) is 158 cm³/mol. The van der Waals surface area contributed by atoms with Crippen molar-refractivity contribution in [3.8, 4) is 5.75 Å². The lowest BCUT2D eigenvalue weighted by atomic mass is 10.1. The number of amides is 2. The molecule has 1 atom stereocenters. The third kappa shape index (κ3) is 7.55. The smallest absolute Gasteiger partial charge is 0.264 e. The largest absolute Gasteiger partial charge is 0.495 e. The molecule has 3 aromatic rings. The van der Waals surface area contributed by atoms with Crippen LogP contribution in [0, 0.1) is 0 Å². The van der Waals surface area contributed by atoms with Crippen LogP contribution in [-0.2, 0) is 26.2 Å². The third-order valence-electron chi connectivity index (χ3n) is 6.48. The van der Waals surface area contributed by atoms with E-state index in [1.54, 1.807) is 66.7 Å². The number of nitrogens with zero attached hydrogens (tertiary/aromatic N) is 2. The fourth-order valence-corrected chi connectivity index (χ4v) is 5.95. The van der Waals surface area contributed by atoms with Gasteiger partial charge in [-0.15, -0.1) is 0 Å². The molecule has 2 amide bonds. The number of carbonyl (C=O) groups is 2. The van der Waals surface area contributed by atoms with Gasteiger partial charge in [-0.05, 0) is 48.7 Å². The molecule has 0 saturated heterocycles. The second-order valence-corrected chi connectivity index (χ2v) is 11.4. The van der Waals surface area contributed by atoms with Crippen LogP contribution in [0.2, 0.25) is 5.02 Å². The summed E-state index contributed by atoms with van der Waals surface area (Å²) < 4.78 is 34.3. The summed E-state index contributed by atoms with van der Waals surface area (Å²) in [6.07, 6.45) is 2.04. The van der Waals surface area contributed by atoms with Crippen molar-refractivity contribution in [2.45, 2.75) is 50.6 Å². The lowest BCUT2D eigenvalue weighted by Gasteiger charge is -2.33. The molecule has 0 aliphatic rings. The van der Waals surface area contributed by atoms with E-state index in [9.17, 15) is 18.0 Å². The Morgan fingerprint density at radius 3 is 2.25 bits per heavy atom. The van der Waals surface area contributed by atoms with E-state index >= 15 is 0 Å². The van der Waals surface area contributed by atoms with Crippen LogP contribution in [0.4, 0.5) is 5.69 Å². The van der Waals surface area contributed by atoms with Gasteiger partial charge in [0, 0.05) is 18.1 Å². The average Bonchev–Trinajstić information content (AvgIpc) is 2.97. The third-order valence-corrected chi connectivity index (χ3v) is 8.62. The molecule has 0 radical (unpaired) electrons. The Hall–Kier alpha value is -3.56. The van der Waals surface area contributed by atoms with Gasteiger partial charge in [-0.3, -0.25) is 13.9 Å². The first kappa shape index (κ1) is 31.0. The molecule has 3 aromatic carbocycles. The minimum Gasteiger partial charge on any atom is -0.495 e. The van der Waals surface area contributed by atoms with Gasteiger partial charge in [0.25, 0.3) is 10.0 Å². The van der Waals surface area contributed by atoms with Crippen LogP contribution >= 0.6 is 11.6 Å². The number of sulfonamides is 1. The van der Waals surface area contributed by atoms with Crippen molar-refractivity contribution in [2.24, 2.45) is 0 Å². The molecule has 1 unspecified atom stereocenters. The molecule has 0 bridgehead atoms. The zero-order valence-corrected chi connectivity index (χ0v) is 24.6. The molecule has 0 aliphatic carbocycles. The predicted octanol–water partition coefficient (Wildman–Crippen LogP) is 5.27. The summed E-state index contributed by atoms with van der Waals surface area (Å²) in [5.74, 6) is -0.564. The number of para-hydroxylation sites is 2. The van der Waals surface area contributed by atoms with Crippen molar-refractivity contribution in [2.75, 3.05) is 24.5 Å². The van der Waals surface area contributed by atoms with E-state index in [2.05, 4.69) is 5.32 Å². The maximum absolute atomic E-state index is 14.1. The van der Waals surface area contributed by atoms with E-state index < -0.39 is 28.5 Å². The van der Waals surface area contributed by atoms with Gasteiger partial charge in [0.2, 0.25) is 11.8 Å². The maximum Gasteiger partial charge on any atom is 0.264 e. The average molecular weight is 586 g/mol. The number of hydrogen-bond acceptors (Lipinski definition) is 5. The summed E-state index contributed by atoms with van der Waals surface area (Å²) in [6.45, 7) is 3.80. The van der Waals surface area contributed by atoms with E-state index in [1.807, 2.05) is 13.8 Å². The van der Waals surface area contributed by atoms with Crippen LogP contribution < -0.4 is 14.4 Å². The summed E-state index contributed by atoms with van der Waals surface area (Å²) >= 11 is 6.44. The molecule has 40 heavy (non-hydrogen) atoms. The van der Waals surface area contributed by atoms with Crippen molar-refractivity contribution in [1.29, 1.82) is 0 Å². The van der Waals surface area contributed by atoms with Crippen LogP contribution in [0.1, 0.15) is 38.7 Å². The summed E-state index contributed by atoms with van der Waals surface area (Å²) in [6, 6.07) is 20.7. The number of methoxy groups -OCH3 is 1. The first-order valence-electron chi connectivity index (χ1n) is 13.3. The molecule has 8 nitrogen and oxygen atoms in total. The zero-order valence-electron chi connectivity index (χ0n) is 23.0. The van der Waals surface area contributed by atoms with Gasteiger partial charge >= 0.3 is 0 Å². The summed E-state index contributed by atoms with van der Waals surface area (Å²) in [5.41, 5.74) is 0.854. The molecule has 214 valence electrons. The molecule has 0 fully saturated rings. The standard InChI is InChI=1S/C30H36ClN3O5S/c1-4-6-20-32-30(36)26(5-2)33(21-23-14-10-11-17-25(23)31)29(35)22-34(27-18-12-13-19-28(27)39-3)40(37,38)24-15-8-7-9-16-24/h7-19,26H,4-6,20-22H2,1-3H3,(H,32,36). The Bertz CT molecular complexity index is 1380. The van der Waals surface area contributed by atoms with Crippen LogP contribution in [0.25, 0.3) is 0 Å². The highest BCUT2D eigenvalue weighted by atomic mass is 35.5. The Morgan fingerprint density at radius 1 is 0.950 bits per heavy atom. The van der Waals surface area contributed by atoms with Crippen molar-refractivity contribution in [1.82, 2.24) is 10.2 Å². The van der Waals surface area contributed by atoms with Crippen molar-refractivity contribution in [3.05, 3.63) is 89.4 Å². The highest BCUT2D eigenvalue weighted by molar-refractivity contribution is 7.92. The molecule has 0 aliphatic heterocycles. The number of halogens is 1. The Balaban J connectivity index is 2.07. The minimum absolute atomic E-state index is 0.0238. The van der Waals surface area contributed by atoms with E-state index in [1.165, 1.54) is 24.1 Å². The Labute approximate surface area is 241 Å². The molecule has 0 heterocycles. The van der Waals surface area contributed by atoms with Gasteiger partial charge in [0.1, 0.15) is 18.3 Å². The highest BCUT2D eigenvalue weighted by Crippen LogP contribution is 2.32. The van der Waals surface area contributed by atoms with Crippen molar-refractivity contribution >= 4 is 39.1 Å². The molecule has 0 aromatic heterocycles. The molecule has 1 N–H and O–H groups in total. The SMILES string of the molecule is CCCCNC(=O)C(CC)N(Cc1ccccc1Cl)C(=O)CN(c1ccccc1OC)S(=O)(=O)c1ccccc1. The lowest BCUT2D eigenvalue weighted by molar-refractivity contribution is -0.140. The number of carbonyl (C=O) groups excluding carboxylic acids is 2. The molecule has 0 saturated carbocycles. The second kappa shape index (κ2) is 14.7. The van der Waals surface area contributed by atoms with Crippen molar-refractivity contribution in [3.63, 3.8) is 0 Å². The Kier molecular flexibility index (Phi) is 11.4. The van der Waals surface area contributed by atoms with Crippen LogP contribution in [0.15, 0.2) is 83.8 Å². The van der Waals surface area contributed by atoms with Crippen LogP contribution in [0.5, 0.6) is 5.75 Å². The summed E-state index contributed by atoms with van der Waals surface area (Å²) in [4.78, 5) is 28.8. The second-order valence-electron chi connectivity index (χ2n) is 9.18. The number of benzene rings is 3.